The highest BCUT2D eigenvalue weighted by Crippen LogP contribution is 2.60. The molecule has 150 valence electrons. The number of carbonyl (C=O) groups excluding carboxylic acids is 2. The molecule has 0 bridgehead atoms. The van der Waals surface area contributed by atoms with Gasteiger partial charge in [-0.2, -0.15) is 0 Å². The van der Waals surface area contributed by atoms with Crippen molar-refractivity contribution in [2.24, 2.45) is 5.41 Å². The minimum atomic E-state index is -2.82. The maximum atomic E-state index is 15.0. The molecule has 5 rings (SSSR count). The first-order chi connectivity index (χ1) is 14.0. The number of methoxy groups -OCH3 is 1. The molecule has 5 nitrogen and oxygen atoms in total. The Hall–Kier alpha value is -2.80. The number of likely N-dealkylation sites (tertiary alicyclic amines) is 1. The molecule has 0 unspecified atom stereocenters. The van der Waals surface area contributed by atoms with E-state index in [0.29, 0.717) is 0 Å². The van der Waals surface area contributed by atoms with E-state index >= 15 is 0 Å². The van der Waals surface area contributed by atoms with E-state index in [1.807, 2.05) is 48.5 Å². The van der Waals surface area contributed by atoms with Crippen LogP contribution in [0.5, 0.6) is 0 Å². The Bertz CT molecular complexity index is 964. The summed E-state index contributed by atoms with van der Waals surface area (Å²) in [6.07, 6.45) is -4.71. The number of nitrogens with zero attached hydrogens (tertiary/aromatic N) is 1. The fourth-order valence-corrected chi connectivity index (χ4v) is 5.39. The molecule has 2 aromatic rings. The second-order valence-electron chi connectivity index (χ2n) is 7.76. The van der Waals surface area contributed by atoms with E-state index < -0.39 is 36.0 Å². The number of rotatable bonds is 2. The summed E-state index contributed by atoms with van der Waals surface area (Å²) in [5.41, 5.74) is 1.56. The fourth-order valence-electron chi connectivity index (χ4n) is 5.39. The van der Waals surface area contributed by atoms with Crippen LogP contribution in [0.3, 0.4) is 0 Å². The Labute approximate surface area is 166 Å². The molecular formula is C22H19F2NO4. The van der Waals surface area contributed by atoms with E-state index in [4.69, 9.17) is 9.47 Å². The highest BCUT2D eigenvalue weighted by Gasteiger charge is 2.68. The number of fused-ring (bicyclic) bond motifs is 4. The van der Waals surface area contributed by atoms with Gasteiger partial charge in [0.25, 0.3) is 0 Å². The number of hydrogen-bond donors (Lipinski definition) is 0. The van der Waals surface area contributed by atoms with Crippen LogP contribution < -0.4 is 0 Å². The van der Waals surface area contributed by atoms with Crippen LogP contribution in [-0.4, -0.2) is 55.6 Å². The Morgan fingerprint density at radius 1 is 1.14 bits per heavy atom. The normalized spacial score (nSPS) is 27.9. The first kappa shape index (κ1) is 18.2. The van der Waals surface area contributed by atoms with Gasteiger partial charge in [-0.15, -0.1) is 0 Å². The van der Waals surface area contributed by atoms with Gasteiger partial charge in [0.1, 0.15) is 12.6 Å². The van der Waals surface area contributed by atoms with E-state index in [1.54, 1.807) is 0 Å². The summed E-state index contributed by atoms with van der Waals surface area (Å²) in [4.78, 5) is 26.0. The van der Waals surface area contributed by atoms with Crippen molar-refractivity contribution in [3.63, 3.8) is 0 Å². The predicted molar refractivity (Wildman–Crippen MR) is 99.8 cm³/mol. The van der Waals surface area contributed by atoms with Gasteiger partial charge in [0.05, 0.1) is 18.6 Å². The number of halogens is 2. The number of benzene rings is 2. The summed E-state index contributed by atoms with van der Waals surface area (Å²) in [7, 11) is 1.18. The van der Waals surface area contributed by atoms with E-state index in [2.05, 4.69) is 0 Å². The minimum Gasteiger partial charge on any atom is -0.453 e. The lowest BCUT2D eigenvalue weighted by atomic mass is 9.68. The summed E-state index contributed by atoms with van der Waals surface area (Å²) in [6, 6.07) is 13.9. The molecule has 0 spiro atoms. The van der Waals surface area contributed by atoms with Gasteiger partial charge in [0.2, 0.25) is 6.43 Å². The van der Waals surface area contributed by atoms with E-state index in [0.717, 1.165) is 27.2 Å². The molecule has 0 N–H and O–H groups in total. The molecule has 3 atom stereocenters. The first-order valence-corrected chi connectivity index (χ1v) is 9.46. The van der Waals surface area contributed by atoms with Crippen LogP contribution in [0.1, 0.15) is 17.0 Å². The molecule has 3 aliphatic rings. The monoisotopic (exact) mass is 399 g/mol. The maximum Gasteiger partial charge on any atom is 0.410 e. The zero-order chi connectivity index (χ0) is 20.3. The molecule has 2 aliphatic heterocycles. The zero-order valence-corrected chi connectivity index (χ0v) is 15.7. The van der Waals surface area contributed by atoms with Crippen molar-refractivity contribution in [3.05, 3.63) is 59.7 Å². The molecule has 1 aliphatic carbocycles. The van der Waals surface area contributed by atoms with Gasteiger partial charge in [-0.3, -0.25) is 9.69 Å². The second-order valence-corrected chi connectivity index (χ2v) is 7.76. The van der Waals surface area contributed by atoms with Crippen molar-refractivity contribution >= 4 is 11.9 Å². The molecule has 2 fully saturated rings. The third-order valence-corrected chi connectivity index (χ3v) is 6.52. The number of ether oxygens (including phenoxy) is 2. The third kappa shape index (κ3) is 2.28. The van der Waals surface area contributed by atoms with Gasteiger partial charge in [-0.25, -0.2) is 13.6 Å². The van der Waals surface area contributed by atoms with Crippen molar-refractivity contribution in [3.8, 4) is 11.1 Å². The molecule has 1 amide bonds. The van der Waals surface area contributed by atoms with Crippen LogP contribution in [-0.2, 0) is 14.3 Å². The van der Waals surface area contributed by atoms with Crippen molar-refractivity contribution in [1.82, 2.24) is 4.90 Å². The van der Waals surface area contributed by atoms with Crippen LogP contribution in [0.2, 0.25) is 0 Å². The van der Waals surface area contributed by atoms with Crippen molar-refractivity contribution < 1.29 is 27.8 Å². The average Bonchev–Trinajstić information content (AvgIpc) is 3.38. The molecule has 2 saturated heterocycles. The van der Waals surface area contributed by atoms with E-state index in [-0.39, 0.29) is 18.9 Å². The lowest BCUT2D eigenvalue weighted by molar-refractivity contribution is -0.121. The standard InChI is InChI=1S/C22H19F2NO4/c1-28-21(27)25-11-22(20(23)24,19-18(25)16(26)10-29-19)17-14-8-4-2-6-12(14)13-7-3-5-9-15(13)17/h2-9,17-20H,10-11H2,1H3/t18-,19+,22+/m1/s1. The molecular weight excluding hydrogens is 380 g/mol. The van der Waals surface area contributed by atoms with Crippen molar-refractivity contribution in [1.29, 1.82) is 0 Å². The molecule has 29 heavy (non-hydrogen) atoms. The predicted octanol–water partition coefficient (Wildman–Crippen LogP) is 3.47. The Morgan fingerprint density at radius 3 is 2.28 bits per heavy atom. The van der Waals surface area contributed by atoms with Gasteiger partial charge in [0, 0.05) is 12.5 Å². The Balaban J connectivity index is 1.74. The second kappa shape index (κ2) is 6.35. The lowest BCUT2D eigenvalue weighted by Crippen LogP contribution is -2.47. The quantitative estimate of drug-likeness (QED) is 0.776. The lowest BCUT2D eigenvalue weighted by Gasteiger charge is -2.39. The Morgan fingerprint density at radius 2 is 1.72 bits per heavy atom. The van der Waals surface area contributed by atoms with E-state index in [9.17, 15) is 18.4 Å². The molecule has 2 aromatic carbocycles. The number of ketones is 1. The third-order valence-electron chi connectivity index (χ3n) is 6.52. The number of Topliss-reactive ketones (excluding diaryl/α,β-unsaturated/α-hetero) is 1. The van der Waals surface area contributed by atoms with Gasteiger partial charge >= 0.3 is 6.09 Å². The average molecular weight is 399 g/mol. The van der Waals surface area contributed by atoms with Gasteiger partial charge in [-0.05, 0) is 22.3 Å². The van der Waals surface area contributed by atoms with Crippen LogP contribution in [0.4, 0.5) is 13.6 Å². The molecule has 0 saturated carbocycles. The first-order valence-electron chi connectivity index (χ1n) is 9.46. The highest BCUT2D eigenvalue weighted by molar-refractivity contribution is 5.92. The molecule has 2 heterocycles. The molecule has 0 radical (unpaired) electrons. The number of hydrogen-bond acceptors (Lipinski definition) is 4. The van der Waals surface area contributed by atoms with Crippen LogP contribution >= 0.6 is 0 Å². The van der Waals surface area contributed by atoms with Crippen LogP contribution in [0.15, 0.2) is 48.5 Å². The molecule has 7 heteroatoms. The largest absolute Gasteiger partial charge is 0.453 e. The zero-order valence-electron chi connectivity index (χ0n) is 15.7. The highest BCUT2D eigenvalue weighted by atomic mass is 19.3. The summed E-state index contributed by atoms with van der Waals surface area (Å²) in [5, 5.41) is 0. The van der Waals surface area contributed by atoms with Gasteiger partial charge < -0.3 is 9.47 Å². The molecule has 0 aromatic heterocycles. The van der Waals surface area contributed by atoms with Gasteiger partial charge in [-0.1, -0.05) is 48.5 Å². The smallest absolute Gasteiger partial charge is 0.410 e. The number of alkyl halides is 2. The fraction of sp³-hybridized carbons (Fsp3) is 0.364. The van der Waals surface area contributed by atoms with Crippen LogP contribution in [0.25, 0.3) is 11.1 Å². The summed E-state index contributed by atoms with van der Waals surface area (Å²) in [5.74, 6) is -1.08. The summed E-state index contributed by atoms with van der Waals surface area (Å²) >= 11 is 0. The summed E-state index contributed by atoms with van der Waals surface area (Å²) < 4.78 is 40.4. The van der Waals surface area contributed by atoms with Crippen molar-refractivity contribution in [2.75, 3.05) is 20.3 Å². The Kier molecular flexibility index (Phi) is 4.00. The van der Waals surface area contributed by atoms with E-state index in [1.165, 1.54) is 7.11 Å². The van der Waals surface area contributed by atoms with Gasteiger partial charge in [0.15, 0.2) is 5.78 Å². The minimum absolute atomic E-state index is 0.284. The summed E-state index contributed by atoms with van der Waals surface area (Å²) in [6.45, 7) is -0.598. The van der Waals surface area contributed by atoms with Crippen LogP contribution in [0, 0.1) is 5.41 Å². The van der Waals surface area contributed by atoms with Crippen molar-refractivity contribution in [2.45, 2.75) is 24.5 Å². The topological polar surface area (TPSA) is 55.8 Å². The SMILES string of the molecule is COC(=O)N1C[C@](C(F)F)(C2c3ccccc3-c3ccccc32)[C@H]2OCC(=O)[C@H]21. The number of carbonyl (C=O) groups is 2. The maximum absolute atomic E-state index is 15.0. The number of amides is 1.